The first-order valence-electron chi connectivity index (χ1n) is 6.05. The third kappa shape index (κ3) is 5.01. The Bertz CT molecular complexity index is 290. The van der Waals surface area contributed by atoms with E-state index in [0.29, 0.717) is 24.5 Å². The van der Waals surface area contributed by atoms with Gasteiger partial charge in [0, 0.05) is 13.1 Å². The summed E-state index contributed by atoms with van der Waals surface area (Å²) >= 11 is 0. The largest absolute Gasteiger partial charge is 0.411 e. The van der Waals surface area contributed by atoms with E-state index in [1.165, 1.54) is 0 Å². The van der Waals surface area contributed by atoms with E-state index >= 15 is 0 Å². The Morgan fingerprint density at radius 2 is 1.11 bits per heavy atom. The van der Waals surface area contributed by atoms with Gasteiger partial charge in [0.25, 0.3) is 0 Å². The molecule has 0 aromatic carbocycles. The summed E-state index contributed by atoms with van der Waals surface area (Å²) in [6.45, 7) is 12.8. The standard InChI is InChI=1S/C12H26N4O2/c1-9(15-17)11(3,4)13-7-8-14-12(5,6)10(2)16-18/h13-14,17-18H,7-8H2,1-6H3. The molecule has 0 atom stereocenters. The molecule has 4 N–H and O–H groups in total. The highest BCUT2D eigenvalue weighted by atomic mass is 16.4. The molecular formula is C12H26N4O2. The first-order chi connectivity index (χ1) is 8.17. The molecule has 6 heteroatoms. The molecular weight excluding hydrogens is 232 g/mol. The van der Waals surface area contributed by atoms with Crippen molar-refractivity contribution < 1.29 is 10.4 Å². The van der Waals surface area contributed by atoms with Crippen molar-refractivity contribution in [3.8, 4) is 0 Å². The molecule has 0 heterocycles. The van der Waals surface area contributed by atoms with Crippen LogP contribution in [0.4, 0.5) is 0 Å². The van der Waals surface area contributed by atoms with Crippen LogP contribution in [-0.4, -0.2) is 46.0 Å². The van der Waals surface area contributed by atoms with Crippen LogP contribution in [0, 0.1) is 0 Å². The average Bonchev–Trinajstić information content (AvgIpc) is 2.32. The number of nitrogens with one attached hydrogen (secondary N) is 2. The molecule has 0 aromatic heterocycles. The Morgan fingerprint density at radius 3 is 1.33 bits per heavy atom. The molecule has 0 aliphatic heterocycles. The van der Waals surface area contributed by atoms with Crippen molar-refractivity contribution in [2.45, 2.75) is 52.6 Å². The molecule has 0 spiro atoms. The predicted octanol–water partition coefficient (Wildman–Crippen LogP) is 1.42. The van der Waals surface area contributed by atoms with Crippen LogP contribution in [0.3, 0.4) is 0 Å². The smallest absolute Gasteiger partial charge is 0.0734 e. The van der Waals surface area contributed by atoms with Crippen molar-refractivity contribution in [2.75, 3.05) is 13.1 Å². The number of oxime groups is 2. The van der Waals surface area contributed by atoms with Crippen LogP contribution in [0.1, 0.15) is 41.5 Å². The molecule has 0 radical (unpaired) electrons. The summed E-state index contributed by atoms with van der Waals surface area (Å²) in [4.78, 5) is 0. The molecule has 0 amide bonds. The lowest BCUT2D eigenvalue weighted by Crippen LogP contribution is -2.52. The van der Waals surface area contributed by atoms with Gasteiger partial charge in [0.2, 0.25) is 0 Å². The fourth-order valence-corrected chi connectivity index (χ4v) is 1.26. The number of nitrogens with zero attached hydrogens (tertiary/aromatic N) is 2. The molecule has 0 aliphatic carbocycles. The monoisotopic (exact) mass is 258 g/mol. The molecule has 0 aromatic rings. The zero-order valence-corrected chi connectivity index (χ0v) is 12.2. The molecule has 0 saturated heterocycles. The van der Waals surface area contributed by atoms with E-state index in [2.05, 4.69) is 20.9 Å². The van der Waals surface area contributed by atoms with Crippen molar-refractivity contribution >= 4 is 11.4 Å². The Hall–Kier alpha value is -1.14. The highest BCUT2D eigenvalue weighted by molar-refractivity contribution is 5.90. The summed E-state index contributed by atoms with van der Waals surface area (Å²) in [5.74, 6) is 0. The lowest BCUT2D eigenvalue weighted by Gasteiger charge is -2.28. The van der Waals surface area contributed by atoms with Crippen molar-refractivity contribution in [1.29, 1.82) is 0 Å². The maximum absolute atomic E-state index is 8.75. The Kier molecular flexibility index (Phi) is 6.28. The molecule has 0 aliphatic rings. The highest BCUT2D eigenvalue weighted by Crippen LogP contribution is 2.06. The second-order valence-electron chi connectivity index (χ2n) is 5.47. The zero-order valence-electron chi connectivity index (χ0n) is 12.2. The second kappa shape index (κ2) is 6.70. The lowest BCUT2D eigenvalue weighted by molar-refractivity contribution is 0.308. The van der Waals surface area contributed by atoms with Gasteiger partial charge in [-0.1, -0.05) is 10.3 Å². The van der Waals surface area contributed by atoms with Gasteiger partial charge < -0.3 is 21.0 Å². The maximum Gasteiger partial charge on any atom is 0.0734 e. The molecule has 6 nitrogen and oxygen atoms in total. The predicted molar refractivity (Wildman–Crippen MR) is 74.0 cm³/mol. The van der Waals surface area contributed by atoms with Crippen molar-refractivity contribution in [2.24, 2.45) is 10.3 Å². The van der Waals surface area contributed by atoms with E-state index in [-0.39, 0.29) is 11.1 Å². The minimum absolute atomic E-state index is 0.347. The topological polar surface area (TPSA) is 89.2 Å². The number of hydrogen-bond donors (Lipinski definition) is 4. The Morgan fingerprint density at radius 1 is 0.833 bits per heavy atom. The highest BCUT2D eigenvalue weighted by Gasteiger charge is 2.23. The maximum atomic E-state index is 8.75. The Balaban J connectivity index is 4.16. The van der Waals surface area contributed by atoms with Gasteiger partial charge in [-0.25, -0.2) is 0 Å². The van der Waals surface area contributed by atoms with E-state index in [9.17, 15) is 0 Å². The van der Waals surface area contributed by atoms with Crippen molar-refractivity contribution in [3.05, 3.63) is 0 Å². The average molecular weight is 258 g/mol. The van der Waals surface area contributed by atoms with Gasteiger partial charge in [0.05, 0.1) is 22.5 Å². The van der Waals surface area contributed by atoms with E-state index < -0.39 is 0 Å². The zero-order chi connectivity index (χ0) is 14.4. The molecule has 0 bridgehead atoms. The normalized spacial score (nSPS) is 15.0. The van der Waals surface area contributed by atoms with Crippen molar-refractivity contribution in [1.82, 2.24) is 10.6 Å². The number of rotatable bonds is 7. The quantitative estimate of drug-likeness (QED) is 0.241. The summed E-state index contributed by atoms with van der Waals surface area (Å²) in [6.07, 6.45) is 0. The molecule has 106 valence electrons. The third-order valence-corrected chi connectivity index (χ3v) is 3.37. The van der Waals surface area contributed by atoms with Crippen LogP contribution in [-0.2, 0) is 0 Å². The van der Waals surface area contributed by atoms with Gasteiger partial charge in [0.1, 0.15) is 0 Å². The first-order valence-corrected chi connectivity index (χ1v) is 6.05. The van der Waals surface area contributed by atoms with Gasteiger partial charge in [-0.15, -0.1) is 0 Å². The lowest BCUT2D eigenvalue weighted by atomic mass is 9.99. The molecule has 0 unspecified atom stereocenters. The molecule has 0 saturated carbocycles. The van der Waals surface area contributed by atoms with E-state index in [1.54, 1.807) is 13.8 Å². The van der Waals surface area contributed by atoms with E-state index in [0.717, 1.165) is 0 Å². The summed E-state index contributed by atoms with van der Waals surface area (Å²) in [7, 11) is 0. The van der Waals surface area contributed by atoms with Crippen LogP contribution < -0.4 is 10.6 Å². The van der Waals surface area contributed by atoms with Gasteiger partial charge >= 0.3 is 0 Å². The third-order valence-electron chi connectivity index (χ3n) is 3.37. The van der Waals surface area contributed by atoms with E-state index in [4.69, 9.17) is 10.4 Å². The van der Waals surface area contributed by atoms with Crippen LogP contribution in [0.15, 0.2) is 10.3 Å². The minimum atomic E-state index is -0.347. The fraction of sp³-hybridized carbons (Fsp3) is 0.833. The summed E-state index contributed by atoms with van der Waals surface area (Å²) in [6, 6.07) is 0. The fourth-order valence-electron chi connectivity index (χ4n) is 1.26. The van der Waals surface area contributed by atoms with Crippen LogP contribution in [0.2, 0.25) is 0 Å². The van der Waals surface area contributed by atoms with Crippen LogP contribution in [0.5, 0.6) is 0 Å². The molecule has 18 heavy (non-hydrogen) atoms. The van der Waals surface area contributed by atoms with Gasteiger partial charge in [-0.3, -0.25) is 0 Å². The Labute approximate surface area is 109 Å². The summed E-state index contributed by atoms with van der Waals surface area (Å²) in [5, 5.41) is 30.5. The van der Waals surface area contributed by atoms with Crippen LogP contribution >= 0.6 is 0 Å². The van der Waals surface area contributed by atoms with Gasteiger partial charge in [-0.2, -0.15) is 0 Å². The van der Waals surface area contributed by atoms with Crippen LogP contribution in [0.25, 0.3) is 0 Å². The van der Waals surface area contributed by atoms with Gasteiger partial charge in [0.15, 0.2) is 0 Å². The SMILES string of the molecule is CC(=NO)C(C)(C)NCCNC(C)(C)C(C)=NO. The summed E-state index contributed by atoms with van der Waals surface area (Å²) < 4.78 is 0. The summed E-state index contributed by atoms with van der Waals surface area (Å²) in [5.41, 5.74) is 0.575. The van der Waals surface area contributed by atoms with Gasteiger partial charge in [-0.05, 0) is 41.5 Å². The van der Waals surface area contributed by atoms with E-state index in [1.807, 2.05) is 27.7 Å². The molecule has 0 rings (SSSR count). The minimum Gasteiger partial charge on any atom is -0.411 e. The first kappa shape index (κ1) is 16.9. The molecule has 0 fully saturated rings. The number of hydrogen-bond acceptors (Lipinski definition) is 6. The van der Waals surface area contributed by atoms with Crippen molar-refractivity contribution in [3.63, 3.8) is 0 Å². The second-order valence-corrected chi connectivity index (χ2v) is 5.47.